The lowest BCUT2D eigenvalue weighted by molar-refractivity contribution is -0.440. The maximum Gasteiger partial charge on any atom is 0.460 e. The number of hydrogen-bond donors (Lipinski definition) is 1. The van der Waals surface area contributed by atoms with Crippen molar-refractivity contribution in [1.29, 1.82) is 0 Å². The molecule has 0 saturated heterocycles. The number of alkyl halides is 13. The Morgan fingerprint density at radius 3 is 1.56 bits per heavy atom. The average Bonchev–Trinajstić information content (AvgIpc) is 2.98. The van der Waals surface area contributed by atoms with Crippen molar-refractivity contribution >= 4 is 6.09 Å². The van der Waals surface area contributed by atoms with Crippen LogP contribution in [-0.4, -0.2) is 41.9 Å². The topological polar surface area (TPSA) is 38.3 Å². The van der Waals surface area contributed by atoms with E-state index in [0.29, 0.717) is 0 Å². The zero-order chi connectivity index (χ0) is 33.9. The normalized spacial score (nSPS) is 13.4. The first-order valence-corrected chi connectivity index (χ1v) is 12.7. The molecule has 0 spiro atoms. The van der Waals surface area contributed by atoms with Gasteiger partial charge >= 0.3 is 41.9 Å². The predicted octanol–water partition coefficient (Wildman–Crippen LogP) is 9.45. The lowest BCUT2D eigenvalue weighted by Gasteiger charge is -2.39. The minimum Gasteiger partial charge on any atom is -0.445 e. The number of rotatable bonds is 12. The van der Waals surface area contributed by atoms with Gasteiger partial charge in [0.05, 0.1) is 0 Å². The maximum atomic E-state index is 14.0. The van der Waals surface area contributed by atoms with Crippen LogP contribution in [0.4, 0.5) is 61.9 Å². The van der Waals surface area contributed by atoms with E-state index in [1.54, 1.807) is 12.1 Å². The molecule has 0 aliphatic heterocycles. The Morgan fingerprint density at radius 1 is 0.556 bits per heavy atom. The lowest BCUT2D eigenvalue weighted by atomic mass is 9.91. The zero-order valence-electron chi connectivity index (χ0n) is 22.6. The first-order chi connectivity index (χ1) is 20.6. The molecule has 16 heteroatoms. The molecule has 3 aromatic rings. The number of alkyl carbamates (subject to hydrolysis) is 1. The number of benzene rings is 3. The number of ether oxygens (including phenoxy) is 1. The second kappa shape index (κ2) is 12.8. The van der Waals surface area contributed by atoms with Crippen LogP contribution in [-0.2, 0) is 24.3 Å². The van der Waals surface area contributed by atoms with Gasteiger partial charge in [0.1, 0.15) is 6.61 Å². The van der Waals surface area contributed by atoms with Crippen LogP contribution in [0.25, 0.3) is 11.1 Å². The van der Waals surface area contributed by atoms with Gasteiger partial charge in [0, 0.05) is 13.0 Å². The van der Waals surface area contributed by atoms with E-state index in [-0.39, 0.29) is 24.3 Å². The Kier molecular flexibility index (Phi) is 10.1. The summed E-state index contributed by atoms with van der Waals surface area (Å²) in [6.07, 6.45) is -11.8. The number of carbonyl (C=O) groups is 1. The van der Waals surface area contributed by atoms with Crippen molar-refractivity contribution in [2.45, 2.75) is 61.8 Å². The van der Waals surface area contributed by atoms with Crippen LogP contribution in [0.5, 0.6) is 0 Å². The van der Waals surface area contributed by atoms with Gasteiger partial charge in [0.2, 0.25) is 0 Å². The number of amides is 1. The molecule has 246 valence electrons. The van der Waals surface area contributed by atoms with E-state index >= 15 is 0 Å². The minimum absolute atomic E-state index is 0.102. The van der Waals surface area contributed by atoms with E-state index in [0.717, 1.165) is 41.0 Å². The summed E-state index contributed by atoms with van der Waals surface area (Å²) in [5.74, 6) is -37.0. The summed E-state index contributed by atoms with van der Waals surface area (Å²) in [6, 6.07) is 21.1. The Hall–Kier alpha value is -3.98. The number of halogens is 13. The highest BCUT2D eigenvalue weighted by atomic mass is 19.4. The Balaban J connectivity index is 1.53. The van der Waals surface area contributed by atoms with Crippen molar-refractivity contribution in [2.75, 3.05) is 0 Å². The predicted molar refractivity (Wildman–Crippen MR) is 134 cm³/mol. The third-order valence-electron chi connectivity index (χ3n) is 6.62. The molecule has 0 unspecified atom stereocenters. The summed E-state index contributed by atoms with van der Waals surface area (Å²) in [7, 11) is 0. The summed E-state index contributed by atoms with van der Waals surface area (Å²) < 4.78 is 177. The van der Waals surface area contributed by atoms with Crippen LogP contribution in [0.1, 0.15) is 23.1 Å². The van der Waals surface area contributed by atoms with Gasteiger partial charge in [-0.2, -0.15) is 57.1 Å². The molecule has 0 fully saturated rings. The number of aryl methyl sites for hydroxylation is 1. The van der Waals surface area contributed by atoms with Gasteiger partial charge in [0.25, 0.3) is 0 Å². The molecule has 3 rings (SSSR count). The van der Waals surface area contributed by atoms with Gasteiger partial charge in [-0.3, -0.25) is 0 Å². The van der Waals surface area contributed by atoms with Crippen molar-refractivity contribution in [3.63, 3.8) is 0 Å². The van der Waals surface area contributed by atoms with Crippen LogP contribution < -0.4 is 5.32 Å². The highest BCUT2D eigenvalue weighted by Crippen LogP contribution is 2.60. The van der Waals surface area contributed by atoms with E-state index in [2.05, 4.69) is 5.32 Å². The fourth-order valence-corrected chi connectivity index (χ4v) is 3.88. The third-order valence-corrected chi connectivity index (χ3v) is 6.62. The molecule has 1 N–H and O–H groups in total. The molecule has 3 aromatic carbocycles. The number of hydrogen-bond acceptors (Lipinski definition) is 2. The zero-order valence-corrected chi connectivity index (χ0v) is 22.6. The number of nitrogens with one attached hydrogen (secondary N) is 1. The van der Waals surface area contributed by atoms with Crippen LogP contribution in [0.2, 0.25) is 0 Å². The van der Waals surface area contributed by atoms with Gasteiger partial charge in [-0.1, -0.05) is 78.9 Å². The van der Waals surface area contributed by atoms with E-state index in [4.69, 9.17) is 4.74 Å². The molecule has 0 aliphatic rings. The van der Waals surface area contributed by atoms with Gasteiger partial charge in [-0.05, 0) is 34.2 Å². The fourth-order valence-electron chi connectivity index (χ4n) is 3.88. The second-order valence-electron chi connectivity index (χ2n) is 9.81. The Labute approximate surface area is 247 Å². The molecule has 0 bridgehead atoms. The van der Waals surface area contributed by atoms with Crippen molar-refractivity contribution in [2.24, 2.45) is 0 Å². The Bertz CT molecular complexity index is 1420. The van der Waals surface area contributed by atoms with E-state index in [1.165, 1.54) is 0 Å². The smallest absolute Gasteiger partial charge is 0.445 e. The summed E-state index contributed by atoms with van der Waals surface area (Å²) in [6.45, 7) is -0.257. The van der Waals surface area contributed by atoms with Crippen LogP contribution >= 0.6 is 0 Å². The minimum atomic E-state index is -7.92. The highest BCUT2D eigenvalue weighted by molar-refractivity contribution is 5.67. The standard InChI is InChI=1S/C29H22F13NO2/c30-24(31,25(32,33)26(34,35)27(36,37)28(38,39)29(40,41)42)15-14-18-6-8-20(9-7-18)17-45-23(44)43-16-19-10-12-22(13-11-19)21-4-2-1-3-5-21/h1-13H,14-17H2,(H,43,44). The molecule has 0 aromatic heterocycles. The summed E-state index contributed by atoms with van der Waals surface area (Å²) in [5, 5.41) is 2.49. The molecule has 0 saturated carbocycles. The maximum absolute atomic E-state index is 14.0. The average molecular weight is 663 g/mol. The molecule has 0 aliphatic carbocycles. The highest BCUT2D eigenvalue weighted by Gasteiger charge is 2.90. The molecular weight excluding hydrogens is 641 g/mol. The molecule has 1 amide bonds. The van der Waals surface area contributed by atoms with Gasteiger partial charge < -0.3 is 10.1 Å². The lowest BCUT2D eigenvalue weighted by Crippen LogP contribution is -2.70. The molecule has 0 atom stereocenters. The van der Waals surface area contributed by atoms with Crippen LogP contribution in [0.3, 0.4) is 0 Å². The molecule has 0 radical (unpaired) electrons. The fraction of sp³-hybridized carbons (Fsp3) is 0.345. The van der Waals surface area contributed by atoms with Crippen molar-refractivity contribution in [1.82, 2.24) is 5.32 Å². The number of carbonyl (C=O) groups excluding carboxylic acids is 1. The quantitative estimate of drug-likeness (QED) is 0.196. The molecule has 0 heterocycles. The third kappa shape index (κ3) is 7.30. The first-order valence-electron chi connectivity index (χ1n) is 12.7. The van der Waals surface area contributed by atoms with Gasteiger partial charge in [-0.15, -0.1) is 0 Å². The van der Waals surface area contributed by atoms with E-state index in [9.17, 15) is 61.9 Å². The SMILES string of the molecule is O=C(NCc1ccc(-c2ccccc2)cc1)OCc1ccc(CCC(F)(F)C(F)(F)C(F)(F)C(F)(F)C(F)(F)C(F)(F)F)cc1. The Morgan fingerprint density at radius 2 is 1.02 bits per heavy atom. The summed E-state index contributed by atoms with van der Waals surface area (Å²) >= 11 is 0. The van der Waals surface area contributed by atoms with Crippen molar-refractivity contribution in [3.05, 3.63) is 95.6 Å². The van der Waals surface area contributed by atoms with Crippen molar-refractivity contribution in [3.8, 4) is 11.1 Å². The molecule has 45 heavy (non-hydrogen) atoms. The molecular formula is C29H22F13NO2. The van der Waals surface area contributed by atoms with E-state index < -0.39 is 54.7 Å². The largest absolute Gasteiger partial charge is 0.460 e. The van der Waals surface area contributed by atoms with Crippen LogP contribution in [0, 0.1) is 0 Å². The van der Waals surface area contributed by atoms with Gasteiger partial charge in [-0.25, -0.2) is 4.79 Å². The van der Waals surface area contributed by atoms with E-state index in [1.807, 2.05) is 42.5 Å². The van der Waals surface area contributed by atoms with Gasteiger partial charge in [0.15, 0.2) is 0 Å². The summed E-state index contributed by atoms with van der Waals surface area (Å²) in [4.78, 5) is 12.0. The first kappa shape index (κ1) is 35.5. The van der Waals surface area contributed by atoms with Crippen LogP contribution in [0.15, 0.2) is 78.9 Å². The monoisotopic (exact) mass is 663 g/mol. The summed E-state index contributed by atoms with van der Waals surface area (Å²) in [5.41, 5.74) is 2.68. The molecule has 3 nitrogen and oxygen atoms in total. The van der Waals surface area contributed by atoms with Crippen molar-refractivity contribution < 1.29 is 66.6 Å². The second-order valence-corrected chi connectivity index (χ2v) is 9.81.